The minimum absolute atomic E-state index is 0.103. The molecule has 2 aromatic carbocycles. The van der Waals surface area contributed by atoms with Gasteiger partial charge in [0.25, 0.3) is 5.91 Å². The monoisotopic (exact) mass is 416 g/mol. The van der Waals surface area contributed by atoms with Crippen LogP contribution in [0.25, 0.3) is 0 Å². The van der Waals surface area contributed by atoms with Crippen LogP contribution in [0, 0.1) is 0 Å². The summed E-state index contributed by atoms with van der Waals surface area (Å²) in [7, 11) is 0. The highest BCUT2D eigenvalue weighted by molar-refractivity contribution is 7.98. The molecule has 154 valence electrons. The Kier molecular flexibility index (Phi) is 7.37. The summed E-state index contributed by atoms with van der Waals surface area (Å²) in [5.74, 6) is -0.159. The van der Waals surface area contributed by atoms with Crippen LogP contribution in [0.5, 0.6) is 5.75 Å². The minimum Gasteiger partial charge on any atom is -0.508 e. The van der Waals surface area contributed by atoms with Gasteiger partial charge < -0.3 is 24.8 Å². The lowest BCUT2D eigenvalue weighted by atomic mass is 10.2. The molecule has 3 rings (SSSR count). The van der Waals surface area contributed by atoms with E-state index in [-0.39, 0.29) is 30.9 Å². The lowest BCUT2D eigenvalue weighted by Gasteiger charge is -2.32. The number of hydrogen-bond donors (Lipinski definition) is 2. The first kappa shape index (κ1) is 21.0. The molecule has 7 nitrogen and oxygen atoms in total. The molecule has 2 amide bonds. The van der Waals surface area contributed by atoms with Crippen molar-refractivity contribution >= 4 is 23.8 Å². The highest BCUT2D eigenvalue weighted by atomic mass is 32.2. The van der Waals surface area contributed by atoms with E-state index < -0.39 is 6.09 Å². The normalized spacial score (nSPS) is 16.3. The van der Waals surface area contributed by atoms with Gasteiger partial charge in [-0.1, -0.05) is 12.1 Å². The summed E-state index contributed by atoms with van der Waals surface area (Å²) in [6.45, 7) is 1.68. The molecule has 0 unspecified atom stereocenters. The molecule has 1 saturated heterocycles. The molecule has 0 aliphatic carbocycles. The molecule has 1 heterocycles. The van der Waals surface area contributed by atoms with Gasteiger partial charge in [0, 0.05) is 23.5 Å². The van der Waals surface area contributed by atoms with Crippen LogP contribution in [0.1, 0.15) is 15.9 Å². The van der Waals surface area contributed by atoms with Gasteiger partial charge in [0.1, 0.15) is 12.4 Å². The number of nitrogens with one attached hydrogen (secondary N) is 1. The second-order valence-electron chi connectivity index (χ2n) is 6.60. The summed E-state index contributed by atoms with van der Waals surface area (Å²) in [6.07, 6.45) is 1.31. The van der Waals surface area contributed by atoms with E-state index in [1.165, 1.54) is 12.1 Å². The lowest BCUT2D eigenvalue weighted by molar-refractivity contribution is -0.0263. The molecule has 1 aliphatic rings. The third-order valence-electron chi connectivity index (χ3n) is 4.54. The SMILES string of the molecule is CSc1ccc(COC(=O)N2CCO[C@H](CNC(=O)c3ccc(O)cc3)C2)cc1. The second kappa shape index (κ2) is 10.2. The zero-order valence-electron chi connectivity index (χ0n) is 16.2. The van der Waals surface area contributed by atoms with Crippen LogP contribution in [0.15, 0.2) is 53.4 Å². The number of benzene rings is 2. The van der Waals surface area contributed by atoms with Crippen LogP contribution >= 0.6 is 11.8 Å². The number of thioether (sulfide) groups is 1. The first-order valence-corrected chi connectivity index (χ1v) is 10.5. The number of rotatable bonds is 6. The summed E-state index contributed by atoms with van der Waals surface area (Å²) in [5.41, 5.74) is 1.38. The smallest absolute Gasteiger partial charge is 0.410 e. The van der Waals surface area contributed by atoms with Crippen LogP contribution in [0.3, 0.4) is 0 Å². The van der Waals surface area contributed by atoms with Gasteiger partial charge in [-0.05, 0) is 48.2 Å². The number of ether oxygens (including phenoxy) is 2. The van der Waals surface area contributed by atoms with Gasteiger partial charge in [0.15, 0.2) is 0 Å². The van der Waals surface area contributed by atoms with E-state index in [0.717, 1.165) is 10.5 Å². The van der Waals surface area contributed by atoms with Gasteiger partial charge in [-0.25, -0.2) is 4.79 Å². The topological polar surface area (TPSA) is 88.1 Å². The van der Waals surface area contributed by atoms with E-state index in [1.54, 1.807) is 28.8 Å². The Morgan fingerprint density at radius 1 is 1.21 bits per heavy atom. The van der Waals surface area contributed by atoms with E-state index in [2.05, 4.69) is 5.32 Å². The molecule has 0 spiro atoms. The maximum absolute atomic E-state index is 12.4. The number of amides is 2. The molecular weight excluding hydrogens is 392 g/mol. The zero-order chi connectivity index (χ0) is 20.6. The Labute approximate surface area is 174 Å². The van der Waals surface area contributed by atoms with Crippen molar-refractivity contribution in [3.05, 3.63) is 59.7 Å². The summed E-state index contributed by atoms with van der Waals surface area (Å²) in [4.78, 5) is 27.3. The van der Waals surface area contributed by atoms with E-state index in [0.29, 0.717) is 25.3 Å². The van der Waals surface area contributed by atoms with Gasteiger partial charge in [0.2, 0.25) is 0 Å². The minimum atomic E-state index is -0.392. The third kappa shape index (κ3) is 6.13. The summed E-state index contributed by atoms with van der Waals surface area (Å²) in [5, 5.41) is 12.1. The van der Waals surface area contributed by atoms with Crippen LogP contribution in [0.2, 0.25) is 0 Å². The van der Waals surface area contributed by atoms with Crippen molar-refractivity contribution < 1.29 is 24.2 Å². The first-order chi connectivity index (χ1) is 14.0. The molecule has 1 atom stereocenters. The Balaban J connectivity index is 1.44. The van der Waals surface area contributed by atoms with Crippen molar-refractivity contribution in [1.29, 1.82) is 0 Å². The number of phenolic OH excluding ortho intramolecular Hbond substituents is 1. The number of nitrogens with zero attached hydrogens (tertiary/aromatic N) is 1. The molecule has 0 bridgehead atoms. The van der Waals surface area contributed by atoms with Crippen LogP contribution in [0.4, 0.5) is 4.79 Å². The first-order valence-electron chi connectivity index (χ1n) is 9.28. The fourth-order valence-electron chi connectivity index (χ4n) is 2.89. The average Bonchev–Trinajstić information content (AvgIpc) is 2.77. The van der Waals surface area contributed by atoms with Crippen molar-refractivity contribution in [2.75, 3.05) is 32.5 Å². The van der Waals surface area contributed by atoms with E-state index in [9.17, 15) is 14.7 Å². The lowest BCUT2D eigenvalue weighted by Crippen LogP contribution is -2.49. The van der Waals surface area contributed by atoms with Gasteiger partial charge in [-0.3, -0.25) is 4.79 Å². The Bertz CT molecular complexity index is 826. The van der Waals surface area contributed by atoms with Gasteiger partial charge in [-0.15, -0.1) is 11.8 Å². The van der Waals surface area contributed by atoms with E-state index in [4.69, 9.17) is 9.47 Å². The number of phenols is 1. The molecule has 0 saturated carbocycles. The van der Waals surface area contributed by atoms with Crippen molar-refractivity contribution in [2.24, 2.45) is 0 Å². The van der Waals surface area contributed by atoms with Crippen LogP contribution < -0.4 is 5.32 Å². The molecule has 2 aromatic rings. The zero-order valence-corrected chi connectivity index (χ0v) is 17.0. The Morgan fingerprint density at radius 3 is 2.62 bits per heavy atom. The predicted molar refractivity (Wildman–Crippen MR) is 110 cm³/mol. The molecule has 1 fully saturated rings. The molecule has 0 aromatic heterocycles. The molecular formula is C21H24N2O5S. The third-order valence-corrected chi connectivity index (χ3v) is 5.28. The molecule has 2 N–H and O–H groups in total. The Morgan fingerprint density at radius 2 is 1.93 bits per heavy atom. The van der Waals surface area contributed by atoms with Crippen LogP contribution in [-0.2, 0) is 16.1 Å². The molecule has 1 aliphatic heterocycles. The van der Waals surface area contributed by atoms with E-state index >= 15 is 0 Å². The van der Waals surface area contributed by atoms with Crippen molar-refractivity contribution in [3.63, 3.8) is 0 Å². The standard InChI is InChI=1S/C21H24N2O5S/c1-29-19-8-2-15(3-9-19)14-28-21(26)23-10-11-27-18(13-23)12-22-20(25)16-4-6-17(24)7-5-16/h2-9,18,24H,10-14H2,1H3,(H,22,25)/t18-/m1/s1. The maximum atomic E-state index is 12.4. The summed E-state index contributed by atoms with van der Waals surface area (Å²) < 4.78 is 11.1. The highest BCUT2D eigenvalue weighted by Gasteiger charge is 2.25. The van der Waals surface area contributed by atoms with Crippen molar-refractivity contribution in [1.82, 2.24) is 10.2 Å². The molecule has 0 radical (unpaired) electrons. The largest absolute Gasteiger partial charge is 0.508 e. The predicted octanol–water partition coefficient (Wildman–Crippen LogP) is 2.88. The number of carbonyl (C=O) groups excluding carboxylic acids is 2. The average molecular weight is 416 g/mol. The fourth-order valence-corrected chi connectivity index (χ4v) is 3.30. The number of aromatic hydroxyl groups is 1. The van der Waals surface area contributed by atoms with Crippen molar-refractivity contribution in [3.8, 4) is 5.75 Å². The van der Waals surface area contributed by atoms with Crippen LogP contribution in [-0.4, -0.2) is 60.6 Å². The quantitative estimate of drug-likeness (QED) is 0.704. The maximum Gasteiger partial charge on any atom is 0.410 e. The molecule has 8 heteroatoms. The van der Waals surface area contributed by atoms with E-state index in [1.807, 2.05) is 30.5 Å². The highest BCUT2D eigenvalue weighted by Crippen LogP contribution is 2.16. The number of morpholine rings is 1. The number of hydrogen-bond acceptors (Lipinski definition) is 6. The fraction of sp³-hybridized carbons (Fsp3) is 0.333. The second-order valence-corrected chi connectivity index (χ2v) is 7.48. The summed E-state index contributed by atoms with van der Waals surface area (Å²) in [6, 6.07) is 13.9. The number of carbonyl (C=O) groups is 2. The van der Waals surface area contributed by atoms with Crippen molar-refractivity contribution in [2.45, 2.75) is 17.6 Å². The van der Waals surface area contributed by atoms with Gasteiger partial charge in [-0.2, -0.15) is 0 Å². The van der Waals surface area contributed by atoms with Gasteiger partial charge in [0.05, 0.1) is 19.3 Å². The Hall–Kier alpha value is -2.71. The molecule has 29 heavy (non-hydrogen) atoms. The summed E-state index contributed by atoms with van der Waals surface area (Å²) >= 11 is 1.66. The van der Waals surface area contributed by atoms with Gasteiger partial charge >= 0.3 is 6.09 Å².